The predicted molar refractivity (Wildman–Crippen MR) is 206 cm³/mol. The van der Waals surface area contributed by atoms with E-state index in [0.717, 1.165) is 10.9 Å². The first-order valence-electron chi connectivity index (χ1n) is 18.2. The van der Waals surface area contributed by atoms with Crippen molar-refractivity contribution in [1.29, 1.82) is 0 Å². The van der Waals surface area contributed by atoms with Crippen molar-refractivity contribution in [2.24, 2.45) is 17.4 Å². The number of phenols is 1. The molecule has 3 aromatic rings. The van der Waals surface area contributed by atoms with Gasteiger partial charge in [0.15, 0.2) is 0 Å². The van der Waals surface area contributed by atoms with Crippen molar-refractivity contribution < 1.29 is 48.6 Å². The van der Waals surface area contributed by atoms with E-state index in [4.69, 9.17) is 11.5 Å². The summed E-state index contributed by atoms with van der Waals surface area (Å²) in [6.07, 6.45) is -0.693. The number of para-hydroxylation sites is 1. The summed E-state index contributed by atoms with van der Waals surface area (Å²) in [5.41, 5.74) is 12.7. The SMILES string of the molecule is CC(=O)NCC(=O)N[C@@H](CC(N)=O)C(=O)N[C@@H](Cc1ccc(O)cc1)C(=O)N[C@H](C(=O)N[C@@H](Cc1c[nH]c2ccccc12)C(=O)N[C@@H](CC(C)C)C(N)=O)[C@@H](C)O. The number of benzene rings is 2. The van der Waals surface area contributed by atoms with Crippen LogP contribution in [0.15, 0.2) is 54.7 Å². The number of fused-ring (bicyclic) bond motifs is 1. The Morgan fingerprint density at radius 2 is 1.30 bits per heavy atom. The first kappa shape index (κ1) is 44.9. The summed E-state index contributed by atoms with van der Waals surface area (Å²) in [6, 6.07) is 5.61. The summed E-state index contributed by atoms with van der Waals surface area (Å²) < 4.78 is 0. The Bertz CT molecular complexity index is 1930. The van der Waals surface area contributed by atoms with Gasteiger partial charge in [0.05, 0.1) is 19.1 Å². The van der Waals surface area contributed by atoms with E-state index in [0.29, 0.717) is 11.1 Å². The molecule has 0 spiro atoms. The van der Waals surface area contributed by atoms with Gasteiger partial charge in [0, 0.05) is 36.9 Å². The fourth-order valence-corrected chi connectivity index (χ4v) is 5.85. The quantitative estimate of drug-likeness (QED) is 0.0564. The molecule has 1 heterocycles. The number of hydrogen-bond donors (Lipinski definition) is 11. The molecule has 19 nitrogen and oxygen atoms in total. The van der Waals surface area contributed by atoms with Crippen LogP contribution in [0.1, 0.15) is 51.7 Å². The average molecular weight is 794 g/mol. The number of primary amides is 2. The van der Waals surface area contributed by atoms with Crippen molar-refractivity contribution in [2.45, 2.75) is 89.7 Å². The third-order valence-corrected chi connectivity index (χ3v) is 8.73. The third kappa shape index (κ3) is 14.3. The van der Waals surface area contributed by atoms with Crippen molar-refractivity contribution in [2.75, 3.05) is 6.54 Å². The standard InChI is InChI=1S/C38H51N9O10/c1-19(2)13-27(34(40)53)44-35(54)29(15-23-17-42-26-8-6-5-7-25(23)26)46-38(57)33(20(3)48)47-37(56)28(14-22-9-11-24(50)12-10-22)45-36(55)30(16-31(39)51)43-32(52)18-41-21(4)49/h5-12,17,19-20,27-30,33,42,48,50H,13-16,18H2,1-4H3,(H2,39,51)(H2,40,53)(H,41,49)(H,43,52)(H,44,54)(H,45,55)(H,46,57)(H,47,56)/t20-,27+,28+,29+,30+,33+/m1/s1. The topological polar surface area (TPSA) is 317 Å². The van der Waals surface area contributed by atoms with Gasteiger partial charge in [-0.3, -0.25) is 38.4 Å². The number of nitrogens with one attached hydrogen (secondary N) is 7. The number of hydrogen-bond acceptors (Lipinski definition) is 10. The number of H-pyrrole nitrogens is 1. The first-order valence-corrected chi connectivity index (χ1v) is 18.2. The van der Waals surface area contributed by atoms with E-state index in [2.05, 4.69) is 36.9 Å². The van der Waals surface area contributed by atoms with E-state index in [1.165, 1.54) is 38.1 Å². The Morgan fingerprint density at radius 3 is 1.89 bits per heavy atom. The lowest BCUT2D eigenvalue weighted by atomic mass is 10.00. The van der Waals surface area contributed by atoms with Crippen LogP contribution in [-0.4, -0.2) is 105 Å². The Balaban J connectivity index is 1.91. The monoisotopic (exact) mass is 793 g/mol. The number of aromatic amines is 1. The van der Waals surface area contributed by atoms with Crippen LogP contribution in [0, 0.1) is 5.92 Å². The molecule has 0 aliphatic heterocycles. The number of carbonyl (C=O) groups is 8. The molecule has 0 fully saturated rings. The second-order valence-corrected chi connectivity index (χ2v) is 14.1. The number of amides is 8. The van der Waals surface area contributed by atoms with E-state index >= 15 is 0 Å². The van der Waals surface area contributed by atoms with Crippen LogP contribution in [0.3, 0.4) is 0 Å². The van der Waals surface area contributed by atoms with Gasteiger partial charge in [-0.05, 0) is 48.6 Å². The highest BCUT2D eigenvalue weighted by molar-refractivity contribution is 5.98. The van der Waals surface area contributed by atoms with E-state index in [1.54, 1.807) is 12.3 Å². The van der Waals surface area contributed by atoms with Gasteiger partial charge in [0.1, 0.15) is 36.0 Å². The lowest BCUT2D eigenvalue weighted by molar-refractivity contribution is -0.137. The Labute approximate surface area is 328 Å². The molecule has 0 saturated carbocycles. The lowest BCUT2D eigenvalue weighted by Gasteiger charge is -2.28. The molecule has 6 atom stereocenters. The molecule has 2 aromatic carbocycles. The van der Waals surface area contributed by atoms with Gasteiger partial charge < -0.3 is 58.6 Å². The Kier molecular flexibility index (Phi) is 16.5. The third-order valence-electron chi connectivity index (χ3n) is 8.73. The fourth-order valence-electron chi connectivity index (χ4n) is 5.85. The molecule has 0 aliphatic carbocycles. The van der Waals surface area contributed by atoms with Crippen molar-refractivity contribution in [3.63, 3.8) is 0 Å². The van der Waals surface area contributed by atoms with Crippen molar-refractivity contribution >= 4 is 58.2 Å². The number of aromatic nitrogens is 1. The molecule has 1 aromatic heterocycles. The zero-order chi connectivity index (χ0) is 42.4. The molecule has 0 saturated heterocycles. The van der Waals surface area contributed by atoms with Gasteiger partial charge in [0.25, 0.3) is 0 Å². The van der Waals surface area contributed by atoms with Crippen molar-refractivity contribution in [3.05, 3.63) is 65.9 Å². The number of aliphatic hydroxyl groups excluding tert-OH is 1. The Hall–Kier alpha value is -6.50. The molecule has 3 rings (SSSR count). The maximum atomic E-state index is 13.9. The largest absolute Gasteiger partial charge is 0.508 e. The number of aliphatic hydroxyl groups is 1. The zero-order valence-electron chi connectivity index (χ0n) is 32.1. The van der Waals surface area contributed by atoms with Crippen LogP contribution >= 0.6 is 0 Å². The number of rotatable bonds is 21. The summed E-state index contributed by atoms with van der Waals surface area (Å²) in [6.45, 7) is 5.53. The number of nitrogens with two attached hydrogens (primary N) is 2. The van der Waals surface area contributed by atoms with Crippen molar-refractivity contribution in [1.82, 2.24) is 36.9 Å². The number of carbonyl (C=O) groups excluding carboxylic acids is 8. The van der Waals surface area contributed by atoms with Gasteiger partial charge in [-0.15, -0.1) is 0 Å². The fraction of sp³-hybridized carbons (Fsp3) is 0.421. The molecule has 0 unspecified atom stereocenters. The number of aromatic hydroxyl groups is 1. The molecule has 308 valence electrons. The minimum absolute atomic E-state index is 0.0274. The van der Waals surface area contributed by atoms with Crippen LogP contribution in [0.2, 0.25) is 0 Å². The highest BCUT2D eigenvalue weighted by Gasteiger charge is 2.35. The maximum Gasteiger partial charge on any atom is 0.245 e. The molecule has 8 amide bonds. The molecule has 0 radical (unpaired) electrons. The van der Waals surface area contributed by atoms with Gasteiger partial charge in [0.2, 0.25) is 47.3 Å². The van der Waals surface area contributed by atoms with Gasteiger partial charge in [-0.1, -0.05) is 44.2 Å². The minimum Gasteiger partial charge on any atom is -0.508 e. The van der Waals surface area contributed by atoms with Crippen molar-refractivity contribution in [3.8, 4) is 5.75 Å². The molecule has 0 bridgehead atoms. The second-order valence-electron chi connectivity index (χ2n) is 14.1. The summed E-state index contributed by atoms with van der Waals surface area (Å²) in [5.74, 6) is -7.02. The summed E-state index contributed by atoms with van der Waals surface area (Å²) >= 11 is 0. The van der Waals surface area contributed by atoms with Gasteiger partial charge in [-0.2, -0.15) is 0 Å². The molecule has 57 heavy (non-hydrogen) atoms. The van der Waals surface area contributed by atoms with Crippen LogP contribution in [0.5, 0.6) is 5.75 Å². The minimum atomic E-state index is -1.71. The van der Waals surface area contributed by atoms with Crippen LogP contribution < -0.4 is 43.4 Å². The molecular formula is C38H51N9O10. The molecule has 0 aliphatic rings. The van der Waals surface area contributed by atoms with Crippen LogP contribution in [-0.2, 0) is 51.2 Å². The van der Waals surface area contributed by atoms with Crippen LogP contribution in [0.25, 0.3) is 10.9 Å². The summed E-state index contributed by atoms with van der Waals surface area (Å²) in [7, 11) is 0. The molecule has 19 heteroatoms. The highest BCUT2D eigenvalue weighted by Crippen LogP contribution is 2.20. The first-order chi connectivity index (χ1) is 26.8. The zero-order valence-corrected chi connectivity index (χ0v) is 32.1. The smallest absolute Gasteiger partial charge is 0.245 e. The van der Waals surface area contributed by atoms with E-state index in [-0.39, 0.29) is 30.9 Å². The van der Waals surface area contributed by atoms with Gasteiger partial charge >= 0.3 is 0 Å². The highest BCUT2D eigenvalue weighted by atomic mass is 16.3. The average Bonchev–Trinajstić information content (AvgIpc) is 3.54. The Morgan fingerprint density at radius 1 is 0.719 bits per heavy atom. The molecule has 13 N–H and O–H groups in total. The van der Waals surface area contributed by atoms with E-state index < -0.39 is 96.5 Å². The van der Waals surface area contributed by atoms with Crippen LogP contribution in [0.4, 0.5) is 0 Å². The van der Waals surface area contributed by atoms with E-state index in [1.807, 2.05) is 32.0 Å². The maximum absolute atomic E-state index is 13.9. The molecular weight excluding hydrogens is 742 g/mol. The summed E-state index contributed by atoms with van der Waals surface area (Å²) in [5, 5.41) is 35.9. The lowest BCUT2D eigenvalue weighted by Crippen LogP contribution is -2.62. The van der Waals surface area contributed by atoms with Gasteiger partial charge in [-0.25, -0.2) is 0 Å². The normalized spacial score (nSPS) is 14.2. The number of phenolic OH excluding ortho intramolecular Hbond substituents is 1. The predicted octanol–water partition coefficient (Wildman–Crippen LogP) is -1.99. The second kappa shape index (κ2) is 21.0. The van der Waals surface area contributed by atoms with E-state index in [9.17, 15) is 48.6 Å². The summed E-state index contributed by atoms with van der Waals surface area (Å²) in [4.78, 5) is 106.